The Morgan fingerprint density at radius 2 is 2.06 bits per heavy atom. The Morgan fingerprint density at radius 3 is 2.82 bits per heavy atom. The second kappa shape index (κ2) is 5.63. The average molecular weight is 285 g/mol. The summed E-state index contributed by atoms with van der Waals surface area (Å²) in [6.45, 7) is 0. The number of thioether (sulfide) groups is 1. The molecule has 88 valence electrons. The molecule has 0 saturated carbocycles. The molecular weight excluding hydrogens is 275 g/mol. The Hall–Kier alpha value is -0.900. The van der Waals surface area contributed by atoms with Crippen LogP contribution in [0.2, 0.25) is 10.0 Å². The maximum atomic E-state index is 6.02. The van der Waals surface area contributed by atoms with Crippen LogP contribution in [-0.4, -0.2) is 4.98 Å². The van der Waals surface area contributed by atoms with Crippen molar-refractivity contribution in [3.05, 3.63) is 52.1 Å². The van der Waals surface area contributed by atoms with Gasteiger partial charge in [-0.15, -0.1) is 11.8 Å². The van der Waals surface area contributed by atoms with Crippen molar-refractivity contribution in [2.45, 2.75) is 10.8 Å². The molecule has 2 rings (SSSR count). The monoisotopic (exact) mass is 284 g/mol. The Labute approximate surface area is 114 Å². The van der Waals surface area contributed by atoms with Gasteiger partial charge in [0.1, 0.15) is 5.03 Å². The lowest BCUT2D eigenvalue weighted by Gasteiger charge is -2.06. The largest absolute Gasteiger partial charge is 0.398 e. The van der Waals surface area contributed by atoms with Crippen LogP contribution < -0.4 is 5.73 Å². The lowest BCUT2D eigenvalue weighted by atomic mass is 10.2. The van der Waals surface area contributed by atoms with E-state index in [1.54, 1.807) is 36.2 Å². The van der Waals surface area contributed by atoms with Crippen LogP contribution in [0, 0.1) is 0 Å². The molecule has 0 unspecified atom stereocenters. The van der Waals surface area contributed by atoms with Crippen molar-refractivity contribution in [2.24, 2.45) is 0 Å². The molecule has 0 amide bonds. The summed E-state index contributed by atoms with van der Waals surface area (Å²) in [5, 5.41) is 2.13. The zero-order valence-electron chi connectivity index (χ0n) is 8.86. The number of hydrogen-bond donors (Lipinski definition) is 1. The van der Waals surface area contributed by atoms with Crippen LogP contribution in [0.15, 0.2) is 41.6 Å². The molecule has 2 nitrogen and oxygen atoms in total. The van der Waals surface area contributed by atoms with Gasteiger partial charge in [-0.25, -0.2) is 4.98 Å². The predicted octanol–water partition coefficient (Wildman–Crippen LogP) is 4.26. The highest BCUT2D eigenvalue weighted by molar-refractivity contribution is 7.98. The quantitative estimate of drug-likeness (QED) is 0.676. The first-order valence-corrected chi connectivity index (χ1v) is 6.68. The molecule has 17 heavy (non-hydrogen) atoms. The number of anilines is 1. The van der Waals surface area contributed by atoms with E-state index in [9.17, 15) is 0 Å². The molecule has 1 aromatic carbocycles. The maximum absolute atomic E-state index is 6.02. The van der Waals surface area contributed by atoms with E-state index in [0.29, 0.717) is 15.8 Å². The number of nitrogens with two attached hydrogens (primary N) is 1. The number of nitrogens with zero attached hydrogens (tertiary/aromatic N) is 1. The van der Waals surface area contributed by atoms with Crippen LogP contribution >= 0.6 is 35.0 Å². The SMILES string of the molecule is Nc1ccc(Cl)cc1CSc1ncccc1Cl. The maximum Gasteiger partial charge on any atom is 0.115 e. The first kappa shape index (κ1) is 12.6. The fourth-order valence-electron chi connectivity index (χ4n) is 1.32. The van der Waals surface area contributed by atoms with Gasteiger partial charge in [0.05, 0.1) is 5.02 Å². The predicted molar refractivity (Wildman–Crippen MR) is 74.7 cm³/mol. The summed E-state index contributed by atoms with van der Waals surface area (Å²) < 4.78 is 0. The molecule has 5 heteroatoms. The second-order valence-corrected chi connectivity index (χ2v) is 5.23. The highest BCUT2D eigenvalue weighted by Crippen LogP contribution is 2.30. The molecule has 1 heterocycles. The van der Waals surface area contributed by atoms with E-state index in [1.165, 1.54) is 0 Å². The summed E-state index contributed by atoms with van der Waals surface area (Å²) in [6, 6.07) is 9.07. The number of benzene rings is 1. The lowest BCUT2D eigenvalue weighted by Crippen LogP contribution is -1.92. The van der Waals surface area contributed by atoms with Crippen molar-refractivity contribution in [1.82, 2.24) is 4.98 Å². The standard InChI is InChI=1S/C12H10Cl2N2S/c13-9-3-4-11(15)8(6-9)7-17-12-10(14)2-1-5-16-12/h1-6H,7,15H2. The molecule has 0 radical (unpaired) electrons. The molecule has 1 aromatic heterocycles. The summed E-state index contributed by atoms with van der Waals surface area (Å²) >= 11 is 13.5. The molecule has 0 spiro atoms. The Bertz CT molecular complexity index is 532. The zero-order valence-corrected chi connectivity index (χ0v) is 11.2. The fraction of sp³-hybridized carbons (Fsp3) is 0.0833. The first-order chi connectivity index (χ1) is 8.16. The normalized spacial score (nSPS) is 10.5. The van der Waals surface area contributed by atoms with Crippen LogP contribution in [0.3, 0.4) is 0 Å². The number of halogens is 2. The molecule has 0 fully saturated rings. The second-order valence-electron chi connectivity index (χ2n) is 3.42. The number of aromatic nitrogens is 1. The van der Waals surface area contributed by atoms with Crippen molar-refractivity contribution in [2.75, 3.05) is 5.73 Å². The number of pyridine rings is 1. The van der Waals surface area contributed by atoms with Crippen molar-refractivity contribution < 1.29 is 0 Å². The molecule has 0 aliphatic rings. The number of rotatable bonds is 3. The highest BCUT2D eigenvalue weighted by Gasteiger charge is 2.05. The van der Waals surface area contributed by atoms with Crippen molar-refractivity contribution in [1.29, 1.82) is 0 Å². The molecular formula is C12H10Cl2N2S. The van der Waals surface area contributed by atoms with Crippen LogP contribution in [0.25, 0.3) is 0 Å². The molecule has 2 aromatic rings. The summed E-state index contributed by atoms with van der Waals surface area (Å²) in [5.74, 6) is 0.698. The summed E-state index contributed by atoms with van der Waals surface area (Å²) in [7, 11) is 0. The van der Waals surface area contributed by atoms with E-state index in [1.807, 2.05) is 12.1 Å². The van der Waals surface area contributed by atoms with Gasteiger partial charge in [0, 0.05) is 22.7 Å². The van der Waals surface area contributed by atoms with Gasteiger partial charge in [-0.1, -0.05) is 23.2 Å². The van der Waals surface area contributed by atoms with Gasteiger partial charge < -0.3 is 5.73 Å². The number of nitrogen functional groups attached to an aromatic ring is 1. The van der Waals surface area contributed by atoms with Crippen molar-refractivity contribution >= 4 is 40.7 Å². The fourth-order valence-corrected chi connectivity index (χ4v) is 2.69. The smallest absolute Gasteiger partial charge is 0.115 e. The van der Waals surface area contributed by atoms with E-state index in [4.69, 9.17) is 28.9 Å². The van der Waals surface area contributed by atoms with Crippen LogP contribution in [0.5, 0.6) is 0 Å². The van der Waals surface area contributed by atoms with E-state index >= 15 is 0 Å². The zero-order chi connectivity index (χ0) is 12.3. The first-order valence-electron chi connectivity index (χ1n) is 4.94. The van der Waals surface area contributed by atoms with Gasteiger partial charge in [0.2, 0.25) is 0 Å². The van der Waals surface area contributed by atoms with Gasteiger partial charge in [-0.2, -0.15) is 0 Å². The van der Waals surface area contributed by atoms with Gasteiger partial charge in [-0.05, 0) is 35.9 Å². The van der Waals surface area contributed by atoms with Gasteiger partial charge >= 0.3 is 0 Å². The lowest BCUT2D eigenvalue weighted by molar-refractivity contribution is 1.13. The summed E-state index contributed by atoms with van der Waals surface area (Å²) in [4.78, 5) is 4.20. The molecule has 0 aliphatic heterocycles. The van der Waals surface area contributed by atoms with E-state index in [-0.39, 0.29) is 0 Å². The van der Waals surface area contributed by atoms with E-state index < -0.39 is 0 Å². The third-order valence-electron chi connectivity index (χ3n) is 2.19. The van der Waals surface area contributed by atoms with Crippen molar-refractivity contribution in [3.63, 3.8) is 0 Å². The molecule has 0 bridgehead atoms. The van der Waals surface area contributed by atoms with Gasteiger partial charge in [0.15, 0.2) is 0 Å². The molecule has 2 N–H and O–H groups in total. The molecule has 0 saturated heterocycles. The molecule has 0 aliphatic carbocycles. The van der Waals surface area contributed by atoms with Crippen LogP contribution in [0.1, 0.15) is 5.56 Å². The minimum atomic E-state index is 0.651. The third kappa shape index (κ3) is 3.28. The Balaban J connectivity index is 2.12. The van der Waals surface area contributed by atoms with E-state index in [2.05, 4.69) is 4.98 Å². The van der Waals surface area contributed by atoms with Crippen molar-refractivity contribution in [3.8, 4) is 0 Å². The van der Waals surface area contributed by atoms with E-state index in [0.717, 1.165) is 16.3 Å². The van der Waals surface area contributed by atoms with Crippen LogP contribution in [0.4, 0.5) is 5.69 Å². The third-order valence-corrected chi connectivity index (χ3v) is 3.90. The summed E-state index contributed by atoms with van der Waals surface area (Å²) in [5.41, 5.74) is 7.59. The highest BCUT2D eigenvalue weighted by atomic mass is 35.5. The topological polar surface area (TPSA) is 38.9 Å². The Kier molecular flexibility index (Phi) is 4.15. The minimum Gasteiger partial charge on any atom is -0.398 e. The van der Waals surface area contributed by atoms with Gasteiger partial charge in [-0.3, -0.25) is 0 Å². The Morgan fingerprint density at radius 1 is 1.24 bits per heavy atom. The number of hydrogen-bond acceptors (Lipinski definition) is 3. The molecule has 0 atom stereocenters. The summed E-state index contributed by atoms with van der Waals surface area (Å²) in [6.07, 6.45) is 1.72. The van der Waals surface area contributed by atoms with Gasteiger partial charge in [0.25, 0.3) is 0 Å². The van der Waals surface area contributed by atoms with Crippen LogP contribution in [-0.2, 0) is 5.75 Å². The average Bonchev–Trinajstić information content (AvgIpc) is 2.32. The minimum absolute atomic E-state index is 0.651.